The molecule has 0 fully saturated rings. The minimum atomic E-state index is -4.57. The standard InChI is InChI=1S/C22H20BrF3N4O2S/c1-3-12-30-20(14(2)32-16-10-8-15(23)9-11-16)28-29-21(30)33-13-19(31)27-18-7-5-4-6-17(18)22(24,25)26/h3-11,14H,1,12-13H2,2H3,(H,27,31). The number of nitrogens with one attached hydrogen (secondary N) is 1. The highest BCUT2D eigenvalue weighted by Crippen LogP contribution is 2.34. The molecule has 3 aromatic rings. The Kier molecular flexibility index (Phi) is 8.20. The van der Waals surface area contributed by atoms with Gasteiger partial charge in [0.2, 0.25) is 5.91 Å². The summed E-state index contributed by atoms with van der Waals surface area (Å²) < 4.78 is 48.0. The number of allylic oxidation sites excluding steroid dienone is 1. The maximum absolute atomic E-state index is 13.1. The first-order valence-electron chi connectivity index (χ1n) is 9.74. The van der Waals surface area contributed by atoms with E-state index >= 15 is 0 Å². The maximum Gasteiger partial charge on any atom is 0.418 e. The Morgan fingerprint density at radius 2 is 1.94 bits per heavy atom. The van der Waals surface area contributed by atoms with Gasteiger partial charge in [0.05, 0.1) is 17.0 Å². The van der Waals surface area contributed by atoms with Gasteiger partial charge in [0, 0.05) is 11.0 Å². The Labute approximate surface area is 201 Å². The zero-order valence-corrected chi connectivity index (χ0v) is 19.9. The maximum atomic E-state index is 13.1. The molecule has 0 aliphatic heterocycles. The number of hydrogen-bond acceptors (Lipinski definition) is 5. The molecular weight excluding hydrogens is 521 g/mol. The summed E-state index contributed by atoms with van der Waals surface area (Å²) in [4.78, 5) is 12.3. The van der Waals surface area contributed by atoms with Crippen LogP contribution in [0.1, 0.15) is 24.4 Å². The number of ether oxygens (including phenoxy) is 1. The van der Waals surface area contributed by atoms with E-state index in [1.165, 1.54) is 18.2 Å². The fourth-order valence-electron chi connectivity index (χ4n) is 2.93. The van der Waals surface area contributed by atoms with Gasteiger partial charge in [-0.05, 0) is 43.3 Å². The molecule has 6 nitrogen and oxygen atoms in total. The molecule has 0 saturated heterocycles. The van der Waals surface area contributed by atoms with Crippen molar-refractivity contribution in [1.29, 1.82) is 0 Å². The van der Waals surface area contributed by atoms with E-state index in [1.54, 1.807) is 10.6 Å². The first-order valence-corrected chi connectivity index (χ1v) is 11.5. The molecule has 0 saturated carbocycles. The van der Waals surface area contributed by atoms with E-state index in [0.717, 1.165) is 22.3 Å². The average Bonchev–Trinajstić information content (AvgIpc) is 3.16. The first-order chi connectivity index (χ1) is 15.7. The Morgan fingerprint density at radius 3 is 2.61 bits per heavy atom. The van der Waals surface area contributed by atoms with Gasteiger partial charge in [-0.3, -0.25) is 9.36 Å². The summed E-state index contributed by atoms with van der Waals surface area (Å²) in [5, 5.41) is 11.1. The number of nitrogens with zero attached hydrogens (tertiary/aromatic N) is 3. The molecule has 2 aromatic carbocycles. The van der Waals surface area contributed by atoms with Crippen molar-refractivity contribution in [1.82, 2.24) is 14.8 Å². The molecule has 0 radical (unpaired) electrons. The molecule has 0 aliphatic rings. The number of hydrogen-bond donors (Lipinski definition) is 1. The summed E-state index contributed by atoms with van der Waals surface area (Å²) >= 11 is 4.43. The van der Waals surface area contributed by atoms with Crippen molar-refractivity contribution >= 4 is 39.3 Å². The number of thioether (sulfide) groups is 1. The van der Waals surface area contributed by atoms with Crippen LogP contribution in [0.2, 0.25) is 0 Å². The number of amides is 1. The molecule has 0 spiro atoms. The smallest absolute Gasteiger partial charge is 0.418 e. The Hall–Kier alpha value is -2.79. The number of carbonyl (C=O) groups is 1. The molecule has 174 valence electrons. The van der Waals surface area contributed by atoms with E-state index in [1.807, 2.05) is 31.2 Å². The monoisotopic (exact) mass is 540 g/mol. The SMILES string of the molecule is C=CCn1c(SCC(=O)Nc2ccccc2C(F)(F)F)nnc1C(C)Oc1ccc(Br)cc1. The molecule has 1 amide bonds. The van der Waals surface area contributed by atoms with E-state index in [-0.39, 0.29) is 11.4 Å². The lowest BCUT2D eigenvalue weighted by Crippen LogP contribution is -2.18. The topological polar surface area (TPSA) is 69.0 Å². The minimum Gasteiger partial charge on any atom is -0.483 e. The number of carbonyl (C=O) groups excluding carboxylic acids is 1. The Balaban J connectivity index is 1.69. The van der Waals surface area contributed by atoms with Crippen LogP contribution < -0.4 is 10.1 Å². The van der Waals surface area contributed by atoms with Crippen LogP contribution in [0.15, 0.2) is 70.8 Å². The van der Waals surface area contributed by atoms with Crippen molar-refractivity contribution in [3.8, 4) is 5.75 Å². The van der Waals surface area contributed by atoms with Crippen LogP contribution in [0.4, 0.5) is 18.9 Å². The summed E-state index contributed by atoms with van der Waals surface area (Å²) in [5.74, 6) is 0.438. The third-order valence-electron chi connectivity index (χ3n) is 4.39. The summed E-state index contributed by atoms with van der Waals surface area (Å²) in [5.41, 5.74) is -1.19. The van der Waals surface area contributed by atoms with E-state index in [4.69, 9.17) is 4.74 Å². The molecule has 1 unspecified atom stereocenters. The largest absolute Gasteiger partial charge is 0.483 e. The van der Waals surface area contributed by atoms with Gasteiger partial charge in [-0.25, -0.2) is 0 Å². The van der Waals surface area contributed by atoms with Crippen LogP contribution in [0.3, 0.4) is 0 Å². The molecule has 1 atom stereocenters. The fraction of sp³-hybridized carbons (Fsp3) is 0.227. The second kappa shape index (κ2) is 10.9. The average molecular weight is 541 g/mol. The zero-order chi connectivity index (χ0) is 24.0. The van der Waals surface area contributed by atoms with Gasteiger partial charge < -0.3 is 10.1 Å². The quantitative estimate of drug-likeness (QED) is 0.261. The number of anilines is 1. The van der Waals surface area contributed by atoms with Crippen molar-refractivity contribution in [2.24, 2.45) is 0 Å². The molecule has 1 N–H and O–H groups in total. The van der Waals surface area contributed by atoms with Crippen molar-refractivity contribution in [3.63, 3.8) is 0 Å². The van der Waals surface area contributed by atoms with Gasteiger partial charge >= 0.3 is 6.18 Å². The summed E-state index contributed by atoms with van der Waals surface area (Å²) in [6.07, 6.45) is -3.36. The van der Waals surface area contributed by atoms with Gasteiger partial charge in [-0.1, -0.05) is 45.9 Å². The van der Waals surface area contributed by atoms with Gasteiger partial charge in [0.15, 0.2) is 17.1 Å². The molecule has 1 heterocycles. The van der Waals surface area contributed by atoms with Crippen molar-refractivity contribution < 1.29 is 22.7 Å². The van der Waals surface area contributed by atoms with Crippen molar-refractivity contribution in [2.45, 2.75) is 30.9 Å². The van der Waals surface area contributed by atoms with Gasteiger partial charge in [0.25, 0.3) is 0 Å². The Morgan fingerprint density at radius 1 is 1.24 bits per heavy atom. The second-order valence-corrected chi connectivity index (χ2v) is 8.69. The molecular formula is C22H20BrF3N4O2S. The van der Waals surface area contributed by atoms with Crippen LogP contribution in [-0.4, -0.2) is 26.4 Å². The summed E-state index contributed by atoms with van der Waals surface area (Å²) in [6, 6.07) is 12.2. The summed E-state index contributed by atoms with van der Waals surface area (Å²) in [7, 11) is 0. The van der Waals surface area contributed by atoms with Gasteiger partial charge in [0.1, 0.15) is 5.75 Å². The molecule has 0 bridgehead atoms. The predicted molar refractivity (Wildman–Crippen MR) is 124 cm³/mol. The van der Waals surface area contributed by atoms with Crippen LogP contribution in [0.5, 0.6) is 5.75 Å². The molecule has 3 rings (SSSR count). The van der Waals surface area contributed by atoms with Crippen molar-refractivity contribution in [3.05, 3.63) is 77.0 Å². The number of benzene rings is 2. The summed E-state index contributed by atoms with van der Waals surface area (Å²) in [6.45, 7) is 5.93. The zero-order valence-electron chi connectivity index (χ0n) is 17.5. The van der Waals surface area contributed by atoms with Crippen molar-refractivity contribution in [2.75, 3.05) is 11.1 Å². The normalized spacial score (nSPS) is 12.3. The van der Waals surface area contributed by atoms with Gasteiger partial charge in [-0.15, -0.1) is 16.8 Å². The fourth-order valence-corrected chi connectivity index (χ4v) is 3.95. The minimum absolute atomic E-state index is 0.149. The van der Waals surface area contributed by atoms with E-state index < -0.39 is 23.8 Å². The lowest BCUT2D eigenvalue weighted by Gasteiger charge is -2.16. The number of aromatic nitrogens is 3. The molecule has 0 aliphatic carbocycles. The molecule has 1 aromatic heterocycles. The molecule has 33 heavy (non-hydrogen) atoms. The number of para-hydroxylation sites is 1. The first kappa shape index (κ1) is 24.8. The van der Waals surface area contributed by atoms with Crippen LogP contribution in [0.25, 0.3) is 0 Å². The molecule has 11 heteroatoms. The third kappa shape index (κ3) is 6.61. The third-order valence-corrected chi connectivity index (χ3v) is 5.88. The van der Waals surface area contributed by atoms with Gasteiger partial charge in [-0.2, -0.15) is 13.2 Å². The lowest BCUT2D eigenvalue weighted by molar-refractivity contribution is -0.137. The highest BCUT2D eigenvalue weighted by Gasteiger charge is 2.33. The highest BCUT2D eigenvalue weighted by molar-refractivity contribution is 9.10. The lowest BCUT2D eigenvalue weighted by atomic mass is 10.1. The van der Waals surface area contributed by atoms with Crippen LogP contribution in [0, 0.1) is 0 Å². The van der Waals surface area contributed by atoms with E-state index in [2.05, 4.69) is 38.0 Å². The second-order valence-electron chi connectivity index (χ2n) is 6.83. The highest BCUT2D eigenvalue weighted by atomic mass is 79.9. The van der Waals surface area contributed by atoms with E-state index in [9.17, 15) is 18.0 Å². The number of rotatable bonds is 9. The van der Waals surface area contributed by atoms with Crippen LogP contribution >= 0.6 is 27.7 Å². The van der Waals surface area contributed by atoms with Crippen LogP contribution in [-0.2, 0) is 17.5 Å². The van der Waals surface area contributed by atoms with E-state index in [0.29, 0.717) is 23.3 Å². The number of halogens is 4. The number of alkyl halides is 3. The predicted octanol–water partition coefficient (Wildman–Crippen LogP) is 6.12. The Bertz CT molecular complexity index is 1120.